The highest BCUT2D eigenvalue weighted by atomic mass is 35.5. The lowest BCUT2D eigenvalue weighted by Crippen LogP contribution is -2.64. The maximum Gasteiger partial charge on any atom is 0.251 e. The van der Waals surface area contributed by atoms with Gasteiger partial charge in [0.25, 0.3) is 5.91 Å². The highest BCUT2D eigenvalue weighted by Gasteiger charge is 2.54. The van der Waals surface area contributed by atoms with Crippen LogP contribution in [0.4, 0.5) is 4.39 Å². The lowest BCUT2D eigenvalue weighted by atomic mass is 10.0. The first-order valence-corrected chi connectivity index (χ1v) is 8.79. The van der Waals surface area contributed by atoms with Crippen molar-refractivity contribution < 1.29 is 23.9 Å². The highest BCUT2D eigenvalue weighted by Crippen LogP contribution is 2.32. The van der Waals surface area contributed by atoms with Crippen molar-refractivity contribution in [3.8, 4) is 0 Å². The summed E-state index contributed by atoms with van der Waals surface area (Å²) < 4.78 is 13.3. The SMILES string of the molecule is O=C(NC1CCN2C(=O)C3CC(O)CN3C(=O)C12)c1ccc(F)c(Cl)c1. The van der Waals surface area contributed by atoms with Crippen molar-refractivity contribution in [1.82, 2.24) is 15.1 Å². The number of carbonyl (C=O) groups is 3. The van der Waals surface area contributed by atoms with Gasteiger partial charge in [-0.25, -0.2) is 4.39 Å². The summed E-state index contributed by atoms with van der Waals surface area (Å²) in [5, 5.41) is 12.4. The molecule has 1 aromatic carbocycles. The van der Waals surface area contributed by atoms with Crippen molar-refractivity contribution >= 4 is 29.3 Å². The first-order chi connectivity index (χ1) is 12.4. The summed E-state index contributed by atoms with van der Waals surface area (Å²) in [4.78, 5) is 40.8. The van der Waals surface area contributed by atoms with Crippen LogP contribution < -0.4 is 5.32 Å². The van der Waals surface area contributed by atoms with E-state index in [-0.39, 0.29) is 35.4 Å². The first kappa shape index (κ1) is 17.2. The topological polar surface area (TPSA) is 89.9 Å². The second-order valence-electron chi connectivity index (χ2n) is 6.87. The van der Waals surface area contributed by atoms with E-state index in [1.807, 2.05) is 0 Å². The minimum absolute atomic E-state index is 0.133. The Morgan fingerprint density at radius 3 is 2.77 bits per heavy atom. The first-order valence-electron chi connectivity index (χ1n) is 8.41. The molecule has 3 saturated heterocycles. The van der Waals surface area contributed by atoms with Gasteiger partial charge in [0.05, 0.1) is 17.2 Å². The van der Waals surface area contributed by atoms with Gasteiger partial charge in [-0.05, 0) is 24.6 Å². The van der Waals surface area contributed by atoms with Crippen molar-refractivity contribution in [2.45, 2.75) is 37.1 Å². The molecular formula is C17H17ClFN3O4. The number of fused-ring (bicyclic) bond motifs is 2. The van der Waals surface area contributed by atoms with Crippen LogP contribution in [0.1, 0.15) is 23.2 Å². The van der Waals surface area contributed by atoms with Gasteiger partial charge in [0.15, 0.2) is 0 Å². The number of halogens is 2. The quantitative estimate of drug-likeness (QED) is 0.763. The monoisotopic (exact) mass is 381 g/mol. The molecular weight excluding hydrogens is 365 g/mol. The van der Waals surface area contributed by atoms with E-state index in [0.29, 0.717) is 13.0 Å². The largest absolute Gasteiger partial charge is 0.391 e. The van der Waals surface area contributed by atoms with Gasteiger partial charge in [-0.15, -0.1) is 0 Å². The van der Waals surface area contributed by atoms with Crippen LogP contribution in [0.15, 0.2) is 18.2 Å². The van der Waals surface area contributed by atoms with Crippen LogP contribution in [0.25, 0.3) is 0 Å². The Hall–Kier alpha value is -2.19. The Balaban J connectivity index is 1.53. The second-order valence-corrected chi connectivity index (χ2v) is 7.28. The fourth-order valence-corrected chi connectivity index (χ4v) is 4.22. The number of hydrogen-bond acceptors (Lipinski definition) is 4. The molecule has 3 amide bonds. The number of benzene rings is 1. The zero-order valence-electron chi connectivity index (χ0n) is 13.7. The molecule has 0 radical (unpaired) electrons. The average molecular weight is 382 g/mol. The van der Waals surface area contributed by atoms with Crippen molar-refractivity contribution in [2.75, 3.05) is 13.1 Å². The van der Waals surface area contributed by atoms with E-state index < -0.39 is 36.0 Å². The summed E-state index contributed by atoms with van der Waals surface area (Å²) in [6, 6.07) is 1.71. The predicted molar refractivity (Wildman–Crippen MR) is 88.9 cm³/mol. The second kappa shape index (κ2) is 6.21. The number of hydrogen-bond donors (Lipinski definition) is 2. The molecule has 4 atom stereocenters. The average Bonchev–Trinajstić information content (AvgIpc) is 3.19. The Morgan fingerprint density at radius 1 is 1.27 bits per heavy atom. The lowest BCUT2D eigenvalue weighted by molar-refractivity contribution is -0.157. The van der Waals surface area contributed by atoms with Gasteiger partial charge < -0.3 is 20.2 Å². The standard InChI is InChI=1S/C17H17ClFN3O4/c18-10-5-8(1-2-11(10)19)15(24)20-12-3-4-21-14(12)17(26)22-7-9(23)6-13(22)16(21)25/h1-2,5,9,12-14,23H,3-4,6-7H2,(H,20,24). The molecule has 4 unspecified atom stereocenters. The smallest absolute Gasteiger partial charge is 0.251 e. The molecule has 9 heteroatoms. The summed E-state index contributed by atoms with van der Waals surface area (Å²) >= 11 is 5.71. The van der Waals surface area contributed by atoms with Crippen LogP contribution in [-0.2, 0) is 9.59 Å². The minimum atomic E-state index is -0.774. The fraction of sp³-hybridized carbons (Fsp3) is 0.471. The molecule has 0 saturated carbocycles. The summed E-state index contributed by atoms with van der Waals surface area (Å²) in [6.07, 6.45) is -0.00695. The van der Waals surface area contributed by atoms with Crippen molar-refractivity contribution in [3.05, 3.63) is 34.6 Å². The summed E-state index contributed by atoms with van der Waals surface area (Å²) in [6.45, 7) is 0.499. The van der Waals surface area contributed by atoms with Gasteiger partial charge in [-0.3, -0.25) is 14.4 Å². The lowest BCUT2D eigenvalue weighted by Gasteiger charge is -2.40. The highest BCUT2D eigenvalue weighted by molar-refractivity contribution is 6.31. The van der Waals surface area contributed by atoms with Crippen molar-refractivity contribution in [2.24, 2.45) is 0 Å². The zero-order chi connectivity index (χ0) is 18.6. The molecule has 138 valence electrons. The van der Waals surface area contributed by atoms with E-state index >= 15 is 0 Å². The van der Waals surface area contributed by atoms with Crippen LogP contribution in [-0.4, -0.2) is 69.9 Å². The number of nitrogens with zero attached hydrogens (tertiary/aromatic N) is 2. The van der Waals surface area contributed by atoms with Crippen LogP contribution >= 0.6 is 11.6 Å². The number of nitrogens with one attached hydrogen (secondary N) is 1. The molecule has 3 aliphatic heterocycles. The molecule has 3 heterocycles. The molecule has 2 N–H and O–H groups in total. The fourth-order valence-electron chi connectivity index (χ4n) is 4.04. The molecule has 3 aliphatic rings. The van der Waals surface area contributed by atoms with Crippen LogP contribution in [0.3, 0.4) is 0 Å². The molecule has 26 heavy (non-hydrogen) atoms. The third kappa shape index (κ3) is 2.64. The predicted octanol–water partition coefficient (Wildman–Crippen LogP) is 0.154. The Kier molecular flexibility index (Phi) is 4.11. The Labute approximate surface area is 153 Å². The molecule has 3 fully saturated rings. The van der Waals surface area contributed by atoms with Crippen LogP contribution in [0.5, 0.6) is 0 Å². The van der Waals surface area contributed by atoms with E-state index in [9.17, 15) is 23.9 Å². The number of piperazine rings is 1. The van der Waals surface area contributed by atoms with Gasteiger partial charge >= 0.3 is 0 Å². The van der Waals surface area contributed by atoms with E-state index in [4.69, 9.17) is 11.6 Å². The zero-order valence-corrected chi connectivity index (χ0v) is 14.4. The third-order valence-corrected chi connectivity index (χ3v) is 5.57. The minimum Gasteiger partial charge on any atom is -0.391 e. The summed E-state index contributed by atoms with van der Waals surface area (Å²) in [5.41, 5.74) is 0.180. The molecule has 7 nitrogen and oxygen atoms in total. The maximum atomic E-state index is 13.3. The molecule has 0 spiro atoms. The Bertz CT molecular complexity index is 804. The van der Waals surface area contributed by atoms with E-state index in [2.05, 4.69) is 5.32 Å². The summed E-state index contributed by atoms with van der Waals surface area (Å²) in [5.74, 6) is -1.55. The van der Waals surface area contributed by atoms with Crippen LogP contribution in [0.2, 0.25) is 5.02 Å². The van der Waals surface area contributed by atoms with Gasteiger partial charge in [0.2, 0.25) is 11.8 Å². The van der Waals surface area contributed by atoms with Crippen LogP contribution in [0, 0.1) is 5.82 Å². The number of rotatable bonds is 2. The molecule has 4 rings (SSSR count). The number of aliphatic hydroxyl groups excluding tert-OH is 1. The molecule has 0 bridgehead atoms. The number of amides is 3. The maximum absolute atomic E-state index is 13.3. The molecule has 0 aromatic heterocycles. The van der Waals surface area contributed by atoms with E-state index in [0.717, 1.165) is 6.07 Å². The summed E-state index contributed by atoms with van der Waals surface area (Å²) in [7, 11) is 0. The van der Waals surface area contributed by atoms with Gasteiger partial charge in [0, 0.05) is 25.1 Å². The number of aliphatic hydroxyl groups is 1. The van der Waals surface area contributed by atoms with Gasteiger partial charge in [0.1, 0.15) is 17.9 Å². The van der Waals surface area contributed by atoms with Gasteiger partial charge in [-0.2, -0.15) is 0 Å². The van der Waals surface area contributed by atoms with E-state index in [1.54, 1.807) is 0 Å². The van der Waals surface area contributed by atoms with Crippen molar-refractivity contribution in [3.63, 3.8) is 0 Å². The van der Waals surface area contributed by atoms with E-state index in [1.165, 1.54) is 21.9 Å². The van der Waals surface area contributed by atoms with Crippen molar-refractivity contribution in [1.29, 1.82) is 0 Å². The third-order valence-electron chi connectivity index (χ3n) is 5.28. The number of carbonyl (C=O) groups excluding carboxylic acids is 3. The Morgan fingerprint density at radius 2 is 2.04 bits per heavy atom. The van der Waals surface area contributed by atoms with Gasteiger partial charge in [-0.1, -0.05) is 11.6 Å². The molecule has 1 aromatic rings. The molecule has 0 aliphatic carbocycles. The normalized spacial score (nSPS) is 30.4.